The van der Waals surface area contributed by atoms with Crippen LogP contribution >= 0.6 is 0 Å². The minimum atomic E-state index is -0.788. The Kier molecular flexibility index (Phi) is 4.07. The average Bonchev–Trinajstić information content (AvgIpc) is 3.05. The molecule has 4 rings (SSSR count). The third-order valence-electron chi connectivity index (χ3n) is 6.40. The molecule has 1 N–H and O–H groups in total. The molecule has 0 radical (unpaired) electrons. The molecule has 2 heterocycles. The lowest BCUT2D eigenvalue weighted by Crippen LogP contribution is -2.43. The lowest BCUT2D eigenvalue weighted by Gasteiger charge is -2.31. The van der Waals surface area contributed by atoms with Gasteiger partial charge in [0.2, 0.25) is 0 Å². The summed E-state index contributed by atoms with van der Waals surface area (Å²) in [5.41, 5.74) is 0.917. The van der Waals surface area contributed by atoms with Gasteiger partial charge in [0.25, 0.3) is 5.91 Å². The van der Waals surface area contributed by atoms with Crippen LogP contribution < -0.4 is 0 Å². The first-order chi connectivity index (χ1) is 12.0. The molecule has 3 aliphatic rings. The molecule has 5 nitrogen and oxygen atoms in total. The van der Waals surface area contributed by atoms with E-state index in [-0.39, 0.29) is 11.8 Å². The summed E-state index contributed by atoms with van der Waals surface area (Å²) in [5.74, 6) is 0.00551. The van der Waals surface area contributed by atoms with E-state index in [9.17, 15) is 14.7 Å². The van der Waals surface area contributed by atoms with Gasteiger partial charge in [-0.15, -0.1) is 0 Å². The number of carbonyl (C=O) groups is 2. The van der Waals surface area contributed by atoms with Gasteiger partial charge >= 0.3 is 5.97 Å². The Labute approximate surface area is 148 Å². The summed E-state index contributed by atoms with van der Waals surface area (Å²) in [7, 11) is 0. The van der Waals surface area contributed by atoms with E-state index in [0.29, 0.717) is 25.2 Å². The molecule has 134 valence electrons. The van der Waals surface area contributed by atoms with Crippen molar-refractivity contribution in [3.8, 4) is 0 Å². The highest BCUT2D eigenvalue weighted by Gasteiger charge is 2.58. The first kappa shape index (κ1) is 16.6. The number of hydrogen-bond donors (Lipinski definition) is 1. The van der Waals surface area contributed by atoms with Crippen molar-refractivity contribution >= 4 is 11.9 Å². The molecular formula is C20H26N2O3. The van der Waals surface area contributed by atoms with Crippen molar-refractivity contribution in [1.82, 2.24) is 9.80 Å². The highest BCUT2D eigenvalue weighted by Crippen LogP contribution is 2.44. The predicted octanol–water partition coefficient (Wildman–Crippen LogP) is 2.25. The molecule has 2 aliphatic heterocycles. The maximum Gasteiger partial charge on any atom is 0.313 e. The van der Waals surface area contributed by atoms with Gasteiger partial charge in [-0.2, -0.15) is 0 Å². The van der Waals surface area contributed by atoms with Gasteiger partial charge in [-0.05, 0) is 37.8 Å². The van der Waals surface area contributed by atoms with Gasteiger partial charge in [-0.3, -0.25) is 9.59 Å². The number of likely N-dealkylation sites (tertiary alicyclic amines) is 2. The molecule has 3 fully saturated rings. The van der Waals surface area contributed by atoms with E-state index in [4.69, 9.17) is 0 Å². The molecular weight excluding hydrogens is 316 g/mol. The van der Waals surface area contributed by atoms with E-state index >= 15 is 0 Å². The summed E-state index contributed by atoms with van der Waals surface area (Å²) in [5, 5.41) is 9.95. The maximum atomic E-state index is 12.8. The van der Waals surface area contributed by atoms with E-state index in [1.54, 1.807) is 4.90 Å². The third kappa shape index (κ3) is 2.84. The normalized spacial score (nSPS) is 29.5. The smallest absolute Gasteiger partial charge is 0.313 e. The average molecular weight is 342 g/mol. The Morgan fingerprint density at radius 1 is 1.24 bits per heavy atom. The number of rotatable bonds is 4. The molecule has 1 aliphatic carbocycles. The molecule has 1 aromatic rings. The Bertz CT molecular complexity index is 700. The lowest BCUT2D eigenvalue weighted by molar-refractivity contribution is -0.148. The van der Waals surface area contributed by atoms with Gasteiger partial charge < -0.3 is 14.9 Å². The van der Waals surface area contributed by atoms with Crippen LogP contribution in [0.1, 0.15) is 35.2 Å². The molecule has 25 heavy (non-hydrogen) atoms. The molecule has 1 aromatic carbocycles. The number of carbonyl (C=O) groups excluding carboxylic acids is 1. The molecule has 0 spiro atoms. The second kappa shape index (κ2) is 6.13. The van der Waals surface area contributed by atoms with E-state index in [1.807, 2.05) is 31.2 Å². The monoisotopic (exact) mass is 342 g/mol. The molecule has 0 bridgehead atoms. The van der Waals surface area contributed by atoms with Gasteiger partial charge in [-0.25, -0.2) is 0 Å². The van der Waals surface area contributed by atoms with Gasteiger partial charge in [-0.1, -0.05) is 24.1 Å². The minimum Gasteiger partial charge on any atom is -0.481 e. The third-order valence-corrected chi connectivity index (χ3v) is 6.40. The highest BCUT2D eigenvalue weighted by atomic mass is 16.4. The van der Waals surface area contributed by atoms with Crippen LogP contribution in [0.3, 0.4) is 0 Å². The molecule has 1 amide bonds. The van der Waals surface area contributed by atoms with Crippen molar-refractivity contribution in [2.75, 3.05) is 32.7 Å². The summed E-state index contributed by atoms with van der Waals surface area (Å²) < 4.78 is 0. The van der Waals surface area contributed by atoms with Gasteiger partial charge in [0.15, 0.2) is 0 Å². The van der Waals surface area contributed by atoms with Gasteiger partial charge in [0.1, 0.15) is 5.41 Å². The van der Waals surface area contributed by atoms with Crippen LogP contribution in [0.25, 0.3) is 0 Å². The van der Waals surface area contributed by atoms with Crippen molar-refractivity contribution in [1.29, 1.82) is 0 Å². The van der Waals surface area contributed by atoms with Crippen LogP contribution in [-0.2, 0) is 4.79 Å². The Balaban J connectivity index is 1.49. The summed E-state index contributed by atoms with van der Waals surface area (Å²) >= 11 is 0. The zero-order valence-electron chi connectivity index (χ0n) is 14.8. The molecule has 5 heteroatoms. The number of hydrogen-bond acceptors (Lipinski definition) is 3. The zero-order chi connectivity index (χ0) is 17.6. The number of fused-ring (bicyclic) bond motifs is 1. The zero-order valence-corrected chi connectivity index (χ0v) is 14.8. The van der Waals surface area contributed by atoms with Crippen LogP contribution in [-0.4, -0.2) is 59.5 Å². The summed E-state index contributed by atoms with van der Waals surface area (Å²) in [6.07, 6.45) is 3.86. The number of aliphatic carboxylic acids is 1. The number of amides is 1. The van der Waals surface area contributed by atoms with Crippen LogP contribution in [0.4, 0.5) is 0 Å². The van der Waals surface area contributed by atoms with Crippen molar-refractivity contribution in [3.05, 3.63) is 35.4 Å². The van der Waals surface area contributed by atoms with Crippen molar-refractivity contribution < 1.29 is 14.7 Å². The topological polar surface area (TPSA) is 60.9 Å². The van der Waals surface area contributed by atoms with E-state index < -0.39 is 11.4 Å². The fourth-order valence-corrected chi connectivity index (χ4v) is 4.77. The Morgan fingerprint density at radius 3 is 2.64 bits per heavy atom. The summed E-state index contributed by atoms with van der Waals surface area (Å²) in [6, 6.07) is 7.55. The van der Waals surface area contributed by atoms with Crippen LogP contribution in [0.2, 0.25) is 0 Å². The Hall–Kier alpha value is -1.88. The number of carboxylic acid groups (broad SMARTS) is 1. The molecule has 2 atom stereocenters. The second-order valence-electron chi connectivity index (χ2n) is 8.20. The van der Waals surface area contributed by atoms with Crippen LogP contribution in [0, 0.1) is 24.2 Å². The number of aryl methyl sites for hydroxylation is 1. The summed E-state index contributed by atoms with van der Waals surface area (Å²) in [6.45, 7) is 5.27. The van der Waals surface area contributed by atoms with Crippen LogP contribution in [0.15, 0.2) is 24.3 Å². The van der Waals surface area contributed by atoms with Gasteiger partial charge in [0, 0.05) is 44.2 Å². The molecule has 0 aromatic heterocycles. The van der Waals surface area contributed by atoms with Gasteiger partial charge in [0.05, 0.1) is 0 Å². The van der Waals surface area contributed by atoms with Crippen molar-refractivity contribution in [2.24, 2.45) is 17.3 Å². The van der Waals surface area contributed by atoms with Crippen LogP contribution in [0.5, 0.6) is 0 Å². The van der Waals surface area contributed by atoms with E-state index in [2.05, 4.69) is 4.90 Å². The summed E-state index contributed by atoms with van der Waals surface area (Å²) in [4.78, 5) is 29.0. The van der Waals surface area contributed by atoms with E-state index in [1.165, 1.54) is 19.3 Å². The second-order valence-corrected chi connectivity index (χ2v) is 8.20. The van der Waals surface area contributed by atoms with Crippen molar-refractivity contribution in [2.45, 2.75) is 26.2 Å². The minimum absolute atomic E-state index is 0.0377. The maximum absolute atomic E-state index is 12.8. The molecule has 0 unspecified atom stereocenters. The SMILES string of the molecule is Cc1cccc(C(=O)N2C[C@@H]3CN(CC4CCC4)C[C@]3(C(=O)O)C2)c1. The van der Waals surface area contributed by atoms with E-state index in [0.717, 1.165) is 24.6 Å². The largest absolute Gasteiger partial charge is 0.481 e. The quantitative estimate of drug-likeness (QED) is 0.912. The first-order valence-corrected chi connectivity index (χ1v) is 9.29. The number of nitrogens with zero attached hydrogens (tertiary/aromatic N) is 2. The lowest BCUT2D eigenvalue weighted by atomic mass is 9.81. The van der Waals surface area contributed by atoms with Crippen molar-refractivity contribution in [3.63, 3.8) is 0 Å². The predicted molar refractivity (Wildman–Crippen MR) is 94.4 cm³/mol. The Morgan fingerprint density at radius 2 is 2.04 bits per heavy atom. The molecule has 1 saturated carbocycles. The standard InChI is InChI=1S/C20H26N2O3/c1-14-4-2-7-16(8-14)18(23)22-11-17-10-21(9-15-5-3-6-15)12-20(17,13-22)19(24)25/h2,4,7-8,15,17H,3,5-6,9-13H2,1H3,(H,24,25)/t17-,20-/m0/s1. The first-order valence-electron chi connectivity index (χ1n) is 9.29. The number of benzene rings is 1. The molecule has 2 saturated heterocycles. The fraction of sp³-hybridized carbons (Fsp3) is 0.600. The highest BCUT2D eigenvalue weighted by molar-refractivity contribution is 5.95. The number of carboxylic acids is 1. The fourth-order valence-electron chi connectivity index (χ4n) is 4.77.